The minimum absolute atomic E-state index is 0.0393. The number of ether oxygens (including phenoxy) is 1. The van der Waals surface area contributed by atoms with Crippen molar-refractivity contribution in [3.8, 4) is 11.4 Å². The van der Waals surface area contributed by atoms with E-state index < -0.39 is 0 Å². The summed E-state index contributed by atoms with van der Waals surface area (Å²) in [4.78, 5) is 30.2. The Hall–Kier alpha value is -3.10. The van der Waals surface area contributed by atoms with E-state index in [2.05, 4.69) is 9.88 Å². The Morgan fingerprint density at radius 1 is 1.10 bits per heavy atom. The Balaban J connectivity index is 1.55. The van der Waals surface area contributed by atoms with Crippen molar-refractivity contribution in [2.75, 3.05) is 12.9 Å². The second-order valence-electron chi connectivity index (χ2n) is 6.80. The number of hydrogen-bond acceptors (Lipinski definition) is 6. The lowest BCUT2D eigenvalue weighted by Crippen LogP contribution is -2.18. The van der Waals surface area contributed by atoms with E-state index in [1.807, 2.05) is 60.7 Å². The van der Waals surface area contributed by atoms with Gasteiger partial charge in [0.05, 0.1) is 35.3 Å². The number of amides is 1. The van der Waals surface area contributed by atoms with Gasteiger partial charge in [0, 0.05) is 17.5 Å². The molecule has 0 aliphatic carbocycles. The second-order valence-corrected chi connectivity index (χ2v) is 8.91. The molecular weight excluding hydrogens is 430 g/mol. The third kappa shape index (κ3) is 4.81. The number of carbonyl (C=O) groups is 2. The molecule has 4 aromatic rings. The van der Waals surface area contributed by atoms with Crippen LogP contribution in [0.1, 0.15) is 21.5 Å². The molecular formula is C23H21N3O3S2. The number of carbonyl (C=O) groups excluding carboxylic acids is 2. The highest BCUT2D eigenvalue weighted by Gasteiger charge is 2.16. The molecule has 0 fully saturated rings. The fourth-order valence-electron chi connectivity index (χ4n) is 3.12. The van der Waals surface area contributed by atoms with Crippen LogP contribution in [0.4, 0.5) is 0 Å². The van der Waals surface area contributed by atoms with Crippen LogP contribution in [0.25, 0.3) is 16.7 Å². The molecule has 0 radical (unpaired) electrons. The highest BCUT2D eigenvalue weighted by Crippen LogP contribution is 2.30. The largest absolute Gasteiger partial charge is 0.497 e. The van der Waals surface area contributed by atoms with E-state index in [-0.39, 0.29) is 17.4 Å². The first kappa shape index (κ1) is 21.1. The number of methoxy groups -OCH3 is 1. The summed E-state index contributed by atoms with van der Waals surface area (Å²) in [6, 6.07) is 19.4. The molecule has 0 spiro atoms. The van der Waals surface area contributed by atoms with Crippen molar-refractivity contribution in [1.29, 1.82) is 0 Å². The van der Waals surface area contributed by atoms with Crippen LogP contribution in [0.2, 0.25) is 0 Å². The van der Waals surface area contributed by atoms with Gasteiger partial charge in [-0.15, -0.1) is 11.3 Å². The van der Waals surface area contributed by atoms with Gasteiger partial charge in [-0.25, -0.2) is 4.98 Å². The molecule has 8 heteroatoms. The number of hydrogen-bond donors (Lipinski definition) is 1. The van der Waals surface area contributed by atoms with Crippen molar-refractivity contribution >= 4 is 45.8 Å². The summed E-state index contributed by atoms with van der Waals surface area (Å²) < 4.78 is 7.33. The Kier molecular flexibility index (Phi) is 6.39. The zero-order chi connectivity index (χ0) is 21.8. The topological polar surface area (TPSA) is 73.2 Å². The highest BCUT2D eigenvalue weighted by atomic mass is 32.2. The van der Waals surface area contributed by atoms with Crippen molar-refractivity contribution in [2.24, 2.45) is 0 Å². The fraction of sp³-hybridized carbons (Fsp3) is 0.174. The van der Waals surface area contributed by atoms with Crippen LogP contribution in [0.15, 0.2) is 65.8 Å². The number of benzene rings is 2. The standard InChI is InChI=1S/C23H21N3O3S2/c1-15(27)24-13-18-11-12-22(31-18)21(28)14-30-23-25-19-5-3-4-6-20(19)26(23)16-7-9-17(29-2)10-8-16/h3-12H,13-14H2,1-2H3,(H,24,27). The summed E-state index contributed by atoms with van der Waals surface area (Å²) in [7, 11) is 1.64. The zero-order valence-electron chi connectivity index (χ0n) is 17.1. The molecule has 0 aliphatic rings. The van der Waals surface area contributed by atoms with Gasteiger partial charge >= 0.3 is 0 Å². The molecule has 0 unspecified atom stereocenters. The maximum absolute atomic E-state index is 12.8. The summed E-state index contributed by atoms with van der Waals surface area (Å²) in [5.74, 6) is 1.01. The van der Waals surface area contributed by atoms with E-state index in [1.165, 1.54) is 30.0 Å². The van der Waals surface area contributed by atoms with Crippen LogP contribution < -0.4 is 10.1 Å². The van der Waals surface area contributed by atoms with Gasteiger partial charge < -0.3 is 10.1 Å². The first-order valence-corrected chi connectivity index (χ1v) is 11.5. The van der Waals surface area contributed by atoms with Gasteiger partial charge in [-0.05, 0) is 48.5 Å². The molecule has 2 aromatic heterocycles. The van der Waals surface area contributed by atoms with Crippen LogP contribution in [0.5, 0.6) is 5.75 Å². The van der Waals surface area contributed by atoms with Crippen molar-refractivity contribution in [2.45, 2.75) is 18.6 Å². The smallest absolute Gasteiger partial charge is 0.217 e. The summed E-state index contributed by atoms with van der Waals surface area (Å²) >= 11 is 2.83. The van der Waals surface area contributed by atoms with Gasteiger partial charge in [-0.2, -0.15) is 0 Å². The van der Waals surface area contributed by atoms with Crippen LogP contribution >= 0.6 is 23.1 Å². The van der Waals surface area contributed by atoms with Gasteiger partial charge in [-0.3, -0.25) is 14.2 Å². The molecule has 1 amide bonds. The zero-order valence-corrected chi connectivity index (χ0v) is 18.8. The lowest BCUT2D eigenvalue weighted by molar-refractivity contribution is -0.119. The van der Waals surface area contributed by atoms with Crippen molar-refractivity contribution in [3.05, 3.63) is 70.4 Å². The number of fused-ring (bicyclic) bond motifs is 1. The molecule has 0 saturated heterocycles. The van der Waals surface area contributed by atoms with Gasteiger partial charge in [0.25, 0.3) is 0 Å². The fourth-order valence-corrected chi connectivity index (χ4v) is 5.00. The summed E-state index contributed by atoms with van der Waals surface area (Å²) in [5, 5.41) is 3.51. The number of ketones is 1. The number of para-hydroxylation sites is 2. The van der Waals surface area contributed by atoms with Gasteiger partial charge in [-0.1, -0.05) is 23.9 Å². The number of aromatic nitrogens is 2. The Morgan fingerprint density at radius 3 is 2.61 bits per heavy atom. The number of thioether (sulfide) groups is 1. The predicted molar refractivity (Wildman–Crippen MR) is 125 cm³/mol. The van der Waals surface area contributed by atoms with Gasteiger partial charge in [0.2, 0.25) is 5.91 Å². The summed E-state index contributed by atoms with van der Waals surface area (Å²) in [6.45, 7) is 1.92. The maximum atomic E-state index is 12.8. The molecule has 158 valence electrons. The predicted octanol–water partition coefficient (Wildman–Crippen LogP) is 4.71. The molecule has 31 heavy (non-hydrogen) atoms. The Bertz CT molecular complexity index is 1230. The van der Waals surface area contributed by atoms with Gasteiger partial charge in [0.15, 0.2) is 10.9 Å². The van der Waals surface area contributed by atoms with Crippen molar-refractivity contribution in [3.63, 3.8) is 0 Å². The number of imidazole rings is 1. The average molecular weight is 452 g/mol. The number of rotatable bonds is 8. The van der Waals surface area contributed by atoms with E-state index in [4.69, 9.17) is 9.72 Å². The second kappa shape index (κ2) is 9.36. The van der Waals surface area contributed by atoms with Gasteiger partial charge in [0.1, 0.15) is 5.75 Å². The maximum Gasteiger partial charge on any atom is 0.217 e. The highest BCUT2D eigenvalue weighted by molar-refractivity contribution is 7.99. The van der Waals surface area contributed by atoms with E-state index in [9.17, 15) is 9.59 Å². The van der Waals surface area contributed by atoms with E-state index >= 15 is 0 Å². The van der Waals surface area contributed by atoms with Crippen LogP contribution in [0, 0.1) is 0 Å². The third-order valence-corrected chi connectivity index (χ3v) is 6.71. The molecule has 2 heterocycles. The minimum Gasteiger partial charge on any atom is -0.497 e. The van der Waals surface area contributed by atoms with Crippen LogP contribution in [-0.4, -0.2) is 34.1 Å². The van der Waals surface area contributed by atoms with Crippen molar-refractivity contribution < 1.29 is 14.3 Å². The average Bonchev–Trinajstić information content (AvgIpc) is 3.41. The molecule has 0 saturated carbocycles. The quantitative estimate of drug-likeness (QED) is 0.310. The molecule has 4 rings (SSSR count). The minimum atomic E-state index is -0.0886. The lowest BCUT2D eigenvalue weighted by atomic mass is 10.2. The lowest BCUT2D eigenvalue weighted by Gasteiger charge is -2.09. The number of nitrogens with zero attached hydrogens (tertiary/aromatic N) is 2. The first-order chi connectivity index (χ1) is 15.0. The normalized spacial score (nSPS) is 10.9. The van der Waals surface area contributed by atoms with Crippen LogP contribution in [0.3, 0.4) is 0 Å². The number of nitrogens with one attached hydrogen (secondary N) is 1. The number of Topliss-reactive ketones (excluding diaryl/α,β-unsaturated/α-hetero) is 1. The monoisotopic (exact) mass is 451 g/mol. The van der Waals surface area contributed by atoms with Crippen molar-refractivity contribution in [1.82, 2.24) is 14.9 Å². The Labute approximate surface area is 188 Å². The summed E-state index contributed by atoms with van der Waals surface area (Å²) in [5.41, 5.74) is 2.82. The van der Waals surface area contributed by atoms with E-state index in [0.717, 1.165) is 32.5 Å². The summed E-state index contributed by atoms with van der Waals surface area (Å²) in [6.07, 6.45) is 0. The molecule has 1 N–H and O–H groups in total. The molecule has 2 aromatic carbocycles. The SMILES string of the molecule is COc1ccc(-n2c(SCC(=O)c3ccc(CNC(C)=O)s3)nc3ccccc32)cc1. The molecule has 0 atom stereocenters. The Morgan fingerprint density at radius 2 is 1.87 bits per heavy atom. The third-order valence-electron chi connectivity index (χ3n) is 4.64. The molecule has 0 aliphatic heterocycles. The first-order valence-electron chi connectivity index (χ1n) is 9.66. The molecule has 0 bridgehead atoms. The van der Waals surface area contributed by atoms with E-state index in [0.29, 0.717) is 11.4 Å². The van der Waals surface area contributed by atoms with Crippen LogP contribution in [-0.2, 0) is 11.3 Å². The van der Waals surface area contributed by atoms with E-state index in [1.54, 1.807) is 7.11 Å². The molecule has 6 nitrogen and oxygen atoms in total. The number of thiophene rings is 1.